The summed E-state index contributed by atoms with van der Waals surface area (Å²) in [6.45, 7) is 10.9. The molecule has 0 bridgehead atoms. The molecule has 10 heteroatoms. The summed E-state index contributed by atoms with van der Waals surface area (Å²) in [5.74, 6) is 2.71. The van der Waals surface area contributed by atoms with E-state index in [-0.39, 0.29) is 11.3 Å². The Morgan fingerprint density at radius 1 is 1.05 bits per heavy atom. The normalized spacial score (nSPS) is 11.9. The molecule has 218 valence electrons. The quantitative estimate of drug-likeness (QED) is 0.182. The first-order chi connectivity index (χ1) is 20.1. The van der Waals surface area contributed by atoms with Crippen LogP contribution in [0, 0.1) is 6.92 Å². The van der Waals surface area contributed by atoms with Crippen LogP contribution in [0.4, 0.5) is 10.6 Å². The van der Waals surface area contributed by atoms with Crippen molar-refractivity contribution in [3.05, 3.63) is 95.6 Å². The summed E-state index contributed by atoms with van der Waals surface area (Å²) in [5, 5.41) is 13.7. The molecule has 5 aromatic rings. The van der Waals surface area contributed by atoms with E-state index in [4.69, 9.17) is 10.8 Å². The Hall–Kier alpha value is -3.76. The van der Waals surface area contributed by atoms with Gasteiger partial charge in [0.2, 0.25) is 0 Å². The number of aryl methyl sites for hydroxylation is 1. The number of anilines is 1. The molecule has 42 heavy (non-hydrogen) atoms. The van der Waals surface area contributed by atoms with E-state index < -0.39 is 6.03 Å². The maximum absolute atomic E-state index is 13.1. The Morgan fingerprint density at radius 2 is 1.79 bits per heavy atom. The molecule has 2 N–H and O–H groups in total. The number of primary amides is 1. The first-order valence-corrected chi connectivity index (χ1v) is 16.1. The molecule has 0 radical (unpaired) electrons. The molecular weight excluding hydrogens is 563 g/mol. The topological polar surface area (TPSA) is 94.3 Å². The van der Waals surface area contributed by atoms with Gasteiger partial charge in [0.25, 0.3) is 0 Å². The van der Waals surface area contributed by atoms with Gasteiger partial charge in [-0.05, 0) is 49.1 Å². The molecule has 0 saturated heterocycles. The average Bonchev–Trinajstić information content (AvgIpc) is 3.58. The van der Waals surface area contributed by atoms with E-state index in [2.05, 4.69) is 63.3 Å². The fourth-order valence-corrected chi connectivity index (χ4v) is 6.68. The average molecular weight is 600 g/mol. The SMILES string of the molecule is CSCC(C)(C)c1cc(N(Cc2ccccc2Sc2ccc3nnc(C(C)C)n3c2)C(N)=O)n(-c2ccc(C)cc2)n1. The highest BCUT2D eigenvalue weighted by Crippen LogP contribution is 2.35. The highest BCUT2D eigenvalue weighted by molar-refractivity contribution is 7.99. The van der Waals surface area contributed by atoms with Crippen LogP contribution in [0.25, 0.3) is 11.3 Å². The van der Waals surface area contributed by atoms with Crippen LogP contribution >= 0.6 is 23.5 Å². The number of nitrogens with two attached hydrogens (primary N) is 1. The number of nitrogens with zero attached hydrogens (tertiary/aromatic N) is 6. The Kier molecular flexibility index (Phi) is 8.65. The zero-order chi connectivity index (χ0) is 30.0. The molecule has 0 aliphatic heterocycles. The van der Waals surface area contributed by atoms with Crippen molar-refractivity contribution in [1.82, 2.24) is 24.4 Å². The van der Waals surface area contributed by atoms with Crippen molar-refractivity contribution in [2.24, 2.45) is 5.73 Å². The highest BCUT2D eigenvalue weighted by Gasteiger charge is 2.29. The van der Waals surface area contributed by atoms with Crippen LogP contribution in [0.2, 0.25) is 0 Å². The van der Waals surface area contributed by atoms with Gasteiger partial charge >= 0.3 is 6.03 Å². The van der Waals surface area contributed by atoms with Crippen LogP contribution < -0.4 is 10.6 Å². The van der Waals surface area contributed by atoms with Crippen molar-refractivity contribution in [2.75, 3.05) is 16.9 Å². The van der Waals surface area contributed by atoms with Crippen LogP contribution in [0.5, 0.6) is 0 Å². The minimum Gasteiger partial charge on any atom is -0.351 e. The van der Waals surface area contributed by atoms with Crippen LogP contribution in [0.1, 0.15) is 56.3 Å². The molecular formula is C32H37N7OS2. The van der Waals surface area contributed by atoms with Gasteiger partial charge < -0.3 is 5.73 Å². The Bertz CT molecular complexity index is 1710. The lowest BCUT2D eigenvalue weighted by Gasteiger charge is -2.23. The molecule has 0 aliphatic rings. The molecule has 0 fully saturated rings. The van der Waals surface area contributed by atoms with E-state index in [0.29, 0.717) is 12.4 Å². The molecule has 2 aromatic carbocycles. The molecule has 0 atom stereocenters. The van der Waals surface area contributed by atoms with Gasteiger partial charge in [-0.25, -0.2) is 9.48 Å². The molecule has 0 unspecified atom stereocenters. The van der Waals surface area contributed by atoms with E-state index in [0.717, 1.165) is 49.5 Å². The zero-order valence-corrected chi connectivity index (χ0v) is 26.5. The zero-order valence-electron chi connectivity index (χ0n) is 24.9. The van der Waals surface area contributed by atoms with Gasteiger partial charge in [-0.3, -0.25) is 9.30 Å². The van der Waals surface area contributed by atoms with Gasteiger partial charge in [0, 0.05) is 39.1 Å². The lowest BCUT2D eigenvalue weighted by atomic mass is 9.92. The summed E-state index contributed by atoms with van der Waals surface area (Å²) in [7, 11) is 0. The fourth-order valence-electron chi connectivity index (χ4n) is 4.85. The lowest BCUT2D eigenvalue weighted by Crippen LogP contribution is -2.36. The molecule has 5 rings (SSSR count). The number of pyridine rings is 1. The van der Waals surface area contributed by atoms with Crippen molar-refractivity contribution in [3.63, 3.8) is 0 Å². The molecule has 0 spiro atoms. The first kappa shape index (κ1) is 29.7. The van der Waals surface area contributed by atoms with Crippen molar-refractivity contribution >= 4 is 41.0 Å². The van der Waals surface area contributed by atoms with Crippen LogP contribution in [-0.2, 0) is 12.0 Å². The van der Waals surface area contributed by atoms with Crippen molar-refractivity contribution in [2.45, 2.75) is 62.3 Å². The van der Waals surface area contributed by atoms with E-state index in [1.807, 2.05) is 69.7 Å². The molecule has 3 heterocycles. The number of aromatic nitrogens is 5. The van der Waals surface area contributed by atoms with Crippen LogP contribution in [0.3, 0.4) is 0 Å². The van der Waals surface area contributed by atoms with Crippen molar-refractivity contribution in [3.8, 4) is 5.69 Å². The first-order valence-electron chi connectivity index (χ1n) is 13.9. The lowest BCUT2D eigenvalue weighted by molar-refractivity contribution is 0.253. The summed E-state index contributed by atoms with van der Waals surface area (Å²) >= 11 is 3.41. The monoisotopic (exact) mass is 599 g/mol. The maximum atomic E-state index is 13.1. The fraction of sp³-hybridized carbons (Fsp3) is 0.312. The summed E-state index contributed by atoms with van der Waals surface area (Å²) in [6.07, 6.45) is 4.17. The number of carbonyl (C=O) groups excluding carboxylic acids is 1. The van der Waals surface area contributed by atoms with Gasteiger partial charge in [-0.1, -0.05) is 75.4 Å². The number of hydrogen-bond acceptors (Lipinski definition) is 6. The molecule has 8 nitrogen and oxygen atoms in total. The van der Waals surface area contributed by atoms with Gasteiger partial charge in [-0.15, -0.1) is 10.2 Å². The Balaban J connectivity index is 1.53. The second-order valence-electron chi connectivity index (χ2n) is 11.4. The van der Waals surface area contributed by atoms with Gasteiger partial charge in [-0.2, -0.15) is 16.9 Å². The van der Waals surface area contributed by atoms with Crippen molar-refractivity contribution < 1.29 is 4.79 Å². The van der Waals surface area contributed by atoms with Crippen molar-refractivity contribution in [1.29, 1.82) is 0 Å². The summed E-state index contributed by atoms with van der Waals surface area (Å²) in [4.78, 5) is 16.8. The predicted octanol–water partition coefficient (Wildman–Crippen LogP) is 7.22. The molecule has 2 amide bonds. The van der Waals surface area contributed by atoms with E-state index in [1.165, 1.54) is 0 Å². The van der Waals surface area contributed by atoms with Crippen LogP contribution in [-0.4, -0.2) is 42.4 Å². The summed E-state index contributed by atoms with van der Waals surface area (Å²) in [6, 6.07) is 21.7. The minimum absolute atomic E-state index is 0.198. The number of rotatable bonds is 10. The van der Waals surface area contributed by atoms with Gasteiger partial charge in [0.15, 0.2) is 5.65 Å². The Labute approximate surface area is 255 Å². The van der Waals surface area contributed by atoms with E-state index in [9.17, 15) is 4.79 Å². The predicted molar refractivity (Wildman–Crippen MR) is 173 cm³/mol. The third kappa shape index (κ3) is 6.19. The summed E-state index contributed by atoms with van der Waals surface area (Å²) in [5.41, 5.74) is 10.6. The number of carbonyl (C=O) groups is 1. The van der Waals surface area contributed by atoms with Gasteiger partial charge in [0.1, 0.15) is 11.6 Å². The number of benzene rings is 2. The second kappa shape index (κ2) is 12.2. The number of fused-ring (bicyclic) bond motifs is 1. The Morgan fingerprint density at radius 3 is 2.48 bits per heavy atom. The number of amides is 2. The third-order valence-corrected chi connectivity index (χ3v) is 9.26. The minimum atomic E-state index is -0.537. The third-order valence-electron chi connectivity index (χ3n) is 7.16. The smallest absolute Gasteiger partial charge is 0.320 e. The van der Waals surface area contributed by atoms with E-state index in [1.54, 1.807) is 28.4 Å². The maximum Gasteiger partial charge on any atom is 0.320 e. The number of hydrogen-bond donors (Lipinski definition) is 1. The molecule has 0 aliphatic carbocycles. The summed E-state index contributed by atoms with van der Waals surface area (Å²) < 4.78 is 3.88. The van der Waals surface area contributed by atoms with Gasteiger partial charge in [0.05, 0.1) is 17.9 Å². The number of thioether (sulfide) groups is 1. The molecule has 0 saturated carbocycles. The molecule has 3 aromatic heterocycles. The largest absolute Gasteiger partial charge is 0.351 e. The number of urea groups is 1. The highest BCUT2D eigenvalue weighted by atomic mass is 32.2. The van der Waals surface area contributed by atoms with E-state index >= 15 is 0 Å². The second-order valence-corrected chi connectivity index (χ2v) is 13.4. The standard InChI is InChI=1S/C32H37N7OS2/c1-21(2)30-35-34-28-16-15-25(19-37(28)30)42-26-10-8-7-9-23(26)18-38(31(33)40)29-17-27(32(4,5)20-41-6)36-39(29)24-13-11-22(3)12-14-24/h7-17,19,21H,18,20H2,1-6H3,(H2,33,40). The van der Waals surface area contributed by atoms with Crippen LogP contribution in [0.15, 0.2) is 82.7 Å².